The minimum atomic E-state index is -1.46. The summed E-state index contributed by atoms with van der Waals surface area (Å²) in [5, 5.41) is 3.90. The molecule has 0 atom stereocenters. The van der Waals surface area contributed by atoms with Gasteiger partial charge in [-0.05, 0) is 41.8 Å². The smallest absolute Gasteiger partial charge is 0.0372 e. The first kappa shape index (κ1) is 15.9. The number of anilines is 1. The molecule has 2 heteroatoms. The molecule has 0 aromatic heterocycles. The van der Waals surface area contributed by atoms with Crippen LogP contribution < -0.4 is 5.09 Å². The molecule has 21 heavy (non-hydrogen) atoms. The van der Waals surface area contributed by atoms with Crippen LogP contribution in [0.4, 0.5) is 5.69 Å². The molecular formula is C19H26NP. The van der Waals surface area contributed by atoms with E-state index in [4.69, 9.17) is 0 Å². The summed E-state index contributed by atoms with van der Waals surface area (Å²) >= 11 is 0. The van der Waals surface area contributed by atoms with E-state index in [1.807, 2.05) is 0 Å². The largest absolute Gasteiger partial charge is 0.365 e. The van der Waals surface area contributed by atoms with Gasteiger partial charge in [0.2, 0.25) is 0 Å². The molecule has 0 amide bonds. The van der Waals surface area contributed by atoms with Crippen molar-refractivity contribution >= 4 is 18.5 Å². The topological polar surface area (TPSA) is 12.0 Å². The monoisotopic (exact) mass is 299 g/mol. The zero-order valence-electron chi connectivity index (χ0n) is 13.5. The van der Waals surface area contributed by atoms with E-state index in [0.29, 0.717) is 11.3 Å². The number of benzene rings is 2. The lowest BCUT2D eigenvalue weighted by molar-refractivity contribution is 1.01. The minimum absolute atomic E-state index is 0.595. The van der Waals surface area contributed by atoms with E-state index in [9.17, 15) is 0 Å². The lowest BCUT2D eigenvalue weighted by Gasteiger charge is -2.36. The SMILES string of the molecule is CC(C)P(=Cc1ccccc1)(Nc1ccccc1)C(C)C. The zero-order valence-corrected chi connectivity index (χ0v) is 14.3. The molecule has 0 saturated heterocycles. The van der Waals surface area contributed by atoms with Gasteiger partial charge in [-0.15, -0.1) is 0 Å². The standard InChI is InChI=1S/C19H26NP/c1-16(2)21(17(3)4,15-18-11-7-5-8-12-18)20-19-13-9-6-10-14-19/h5-17,20H,1-4H3. The second-order valence-corrected chi connectivity index (χ2v) is 10.3. The van der Waals surface area contributed by atoms with Crippen molar-refractivity contribution < 1.29 is 0 Å². The van der Waals surface area contributed by atoms with E-state index in [2.05, 4.69) is 99.2 Å². The highest BCUT2D eigenvalue weighted by Crippen LogP contribution is 2.55. The van der Waals surface area contributed by atoms with E-state index in [0.717, 1.165) is 0 Å². The Kier molecular flexibility index (Phi) is 5.31. The van der Waals surface area contributed by atoms with Gasteiger partial charge in [0, 0.05) is 5.69 Å². The van der Waals surface area contributed by atoms with E-state index in [1.54, 1.807) is 0 Å². The maximum atomic E-state index is 3.90. The summed E-state index contributed by atoms with van der Waals surface area (Å²) in [5.74, 6) is 2.50. The Morgan fingerprint density at radius 3 is 1.71 bits per heavy atom. The van der Waals surface area contributed by atoms with Crippen molar-refractivity contribution in [2.45, 2.75) is 39.0 Å². The Hall–Kier alpha value is -1.46. The van der Waals surface area contributed by atoms with Gasteiger partial charge in [-0.25, -0.2) is 0 Å². The predicted octanol–water partition coefficient (Wildman–Crippen LogP) is 5.70. The molecule has 2 rings (SSSR count). The molecule has 0 aliphatic rings. The van der Waals surface area contributed by atoms with Crippen LogP contribution in [0.3, 0.4) is 0 Å². The summed E-state index contributed by atoms with van der Waals surface area (Å²) in [6.07, 6.45) is 0. The molecule has 0 saturated carbocycles. The number of rotatable bonds is 5. The highest BCUT2D eigenvalue weighted by Gasteiger charge is 2.25. The minimum Gasteiger partial charge on any atom is -0.365 e. The summed E-state index contributed by atoms with van der Waals surface area (Å²) in [4.78, 5) is 0. The van der Waals surface area contributed by atoms with Gasteiger partial charge in [0.15, 0.2) is 0 Å². The summed E-state index contributed by atoms with van der Waals surface area (Å²) in [6.45, 7) is 9.35. The van der Waals surface area contributed by atoms with Crippen molar-refractivity contribution in [3.05, 3.63) is 66.2 Å². The van der Waals surface area contributed by atoms with Gasteiger partial charge in [0.25, 0.3) is 0 Å². The molecule has 0 heterocycles. The molecule has 112 valence electrons. The molecule has 0 unspecified atom stereocenters. The lowest BCUT2D eigenvalue weighted by Crippen LogP contribution is -2.18. The van der Waals surface area contributed by atoms with Gasteiger partial charge in [-0.1, -0.05) is 76.2 Å². The maximum absolute atomic E-state index is 3.90. The first-order valence-electron chi connectivity index (χ1n) is 7.67. The van der Waals surface area contributed by atoms with Crippen molar-refractivity contribution in [1.82, 2.24) is 0 Å². The Bertz CT molecular complexity index is 588. The van der Waals surface area contributed by atoms with Crippen LogP contribution in [0.15, 0.2) is 60.7 Å². The fraction of sp³-hybridized carbons (Fsp3) is 0.316. The van der Waals surface area contributed by atoms with Crippen LogP contribution in [0.25, 0.3) is 0 Å². The molecule has 2 aromatic carbocycles. The second-order valence-electron chi connectivity index (χ2n) is 6.04. The van der Waals surface area contributed by atoms with Gasteiger partial charge in [0.1, 0.15) is 0 Å². The van der Waals surface area contributed by atoms with Gasteiger partial charge in [-0.3, -0.25) is 0 Å². The van der Waals surface area contributed by atoms with E-state index >= 15 is 0 Å². The van der Waals surface area contributed by atoms with Crippen molar-refractivity contribution in [3.8, 4) is 0 Å². The van der Waals surface area contributed by atoms with Gasteiger partial charge in [-0.2, -0.15) is 0 Å². The van der Waals surface area contributed by atoms with Gasteiger partial charge in [0.05, 0.1) is 0 Å². The lowest BCUT2D eigenvalue weighted by atomic mass is 10.2. The summed E-state index contributed by atoms with van der Waals surface area (Å²) in [5.41, 5.74) is 3.73. The molecule has 0 aliphatic carbocycles. The van der Waals surface area contributed by atoms with Crippen molar-refractivity contribution in [3.63, 3.8) is 0 Å². The fourth-order valence-electron chi connectivity index (χ4n) is 2.71. The second kappa shape index (κ2) is 7.00. The van der Waals surface area contributed by atoms with E-state index < -0.39 is 7.04 Å². The molecular weight excluding hydrogens is 273 g/mol. The average molecular weight is 299 g/mol. The first-order valence-corrected chi connectivity index (χ1v) is 9.66. The molecule has 1 nitrogen and oxygen atoms in total. The quantitative estimate of drug-likeness (QED) is 0.698. The Labute approximate surface area is 129 Å². The number of hydrogen-bond acceptors (Lipinski definition) is 1. The Morgan fingerprint density at radius 1 is 0.762 bits per heavy atom. The van der Waals surface area contributed by atoms with E-state index in [1.165, 1.54) is 11.3 Å². The number of para-hydroxylation sites is 1. The fourth-order valence-corrected chi connectivity index (χ4v) is 6.34. The maximum Gasteiger partial charge on any atom is 0.0372 e. The highest BCUT2D eigenvalue weighted by molar-refractivity contribution is 7.77. The van der Waals surface area contributed by atoms with Crippen molar-refractivity contribution in [2.75, 3.05) is 5.09 Å². The Morgan fingerprint density at radius 2 is 1.24 bits per heavy atom. The predicted molar refractivity (Wildman–Crippen MR) is 98.9 cm³/mol. The third kappa shape index (κ3) is 3.80. The molecule has 0 bridgehead atoms. The molecule has 1 N–H and O–H groups in total. The highest BCUT2D eigenvalue weighted by atomic mass is 31.2. The molecule has 0 radical (unpaired) electrons. The molecule has 2 aromatic rings. The van der Waals surface area contributed by atoms with E-state index in [-0.39, 0.29) is 0 Å². The average Bonchev–Trinajstić information content (AvgIpc) is 2.48. The van der Waals surface area contributed by atoms with Crippen LogP contribution >= 0.6 is 7.04 Å². The van der Waals surface area contributed by atoms with Crippen LogP contribution in [0.1, 0.15) is 33.3 Å². The van der Waals surface area contributed by atoms with Crippen molar-refractivity contribution in [2.24, 2.45) is 0 Å². The van der Waals surface area contributed by atoms with Gasteiger partial charge >= 0.3 is 0 Å². The summed E-state index contributed by atoms with van der Waals surface area (Å²) in [6, 6.07) is 21.3. The first-order chi connectivity index (χ1) is 10.0. The Balaban J connectivity index is 2.51. The van der Waals surface area contributed by atoms with Crippen LogP contribution in [0.5, 0.6) is 0 Å². The summed E-state index contributed by atoms with van der Waals surface area (Å²) < 4.78 is 0. The van der Waals surface area contributed by atoms with Crippen LogP contribution in [-0.4, -0.2) is 17.1 Å². The van der Waals surface area contributed by atoms with Crippen molar-refractivity contribution in [1.29, 1.82) is 0 Å². The van der Waals surface area contributed by atoms with Crippen LogP contribution in [-0.2, 0) is 0 Å². The zero-order chi connectivity index (χ0) is 15.3. The van der Waals surface area contributed by atoms with Gasteiger partial charge < -0.3 is 5.09 Å². The third-order valence-electron chi connectivity index (χ3n) is 3.97. The normalized spacial score (nSPS) is 11.7. The number of nitrogens with one attached hydrogen (secondary N) is 1. The molecule has 0 fully saturated rings. The summed E-state index contributed by atoms with van der Waals surface area (Å²) in [7, 11) is -1.46. The third-order valence-corrected chi connectivity index (χ3v) is 8.76. The van der Waals surface area contributed by atoms with Crippen LogP contribution in [0.2, 0.25) is 0 Å². The molecule has 0 aliphatic heterocycles. The molecule has 0 spiro atoms. The number of hydrogen-bond donors (Lipinski definition) is 1. The van der Waals surface area contributed by atoms with Crippen LogP contribution in [0, 0.1) is 0 Å².